The second kappa shape index (κ2) is 4.67. The predicted octanol–water partition coefficient (Wildman–Crippen LogP) is 3.21. The summed E-state index contributed by atoms with van der Waals surface area (Å²) in [4.78, 5) is 0. The van der Waals surface area contributed by atoms with Crippen molar-refractivity contribution in [2.75, 3.05) is 6.61 Å². The topological polar surface area (TPSA) is 18.5 Å². The van der Waals surface area contributed by atoms with Crippen LogP contribution < -0.4 is 4.74 Å². The summed E-state index contributed by atoms with van der Waals surface area (Å²) in [7, 11) is 0. The molecule has 1 atom stereocenters. The Kier molecular flexibility index (Phi) is 3.27. The van der Waals surface area contributed by atoms with Gasteiger partial charge in [0.15, 0.2) is 6.29 Å². The minimum atomic E-state index is -0.0417. The highest BCUT2D eigenvalue weighted by Crippen LogP contribution is 2.21. The van der Waals surface area contributed by atoms with Crippen LogP contribution in [0.25, 0.3) is 0 Å². The SMILES string of the molecule is Cc1cc(C)cc(OC2CCCCO2)c1. The number of hydrogen-bond donors (Lipinski definition) is 0. The van der Waals surface area contributed by atoms with Crippen molar-refractivity contribution in [3.05, 3.63) is 29.3 Å². The average molecular weight is 206 g/mol. The first kappa shape index (κ1) is 10.5. The molecule has 15 heavy (non-hydrogen) atoms. The van der Waals surface area contributed by atoms with Gasteiger partial charge in [-0.1, -0.05) is 6.07 Å². The minimum absolute atomic E-state index is 0.0417. The van der Waals surface area contributed by atoms with E-state index in [0.717, 1.165) is 25.2 Å². The van der Waals surface area contributed by atoms with E-state index in [1.54, 1.807) is 0 Å². The first-order chi connectivity index (χ1) is 7.24. The molecule has 0 aromatic heterocycles. The molecule has 0 spiro atoms. The average Bonchev–Trinajstić information content (AvgIpc) is 2.17. The van der Waals surface area contributed by atoms with Gasteiger partial charge in [-0.25, -0.2) is 0 Å². The summed E-state index contributed by atoms with van der Waals surface area (Å²) in [6.07, 6.45) is 3.33. The molecule has 2 heteroatoms. The molecule has 1 aromatic carbocycles. The van der Waals surface area contributed by atoms with E-state index < -0.39 is 0 Å². The molecule has 1 aliphatic rings. The van der Waals surface area contributed by atoms with Crippen LogP contribution in [0.3, 0.4) is 0 Å². The monoisotopic (exact) mass is 206 g/mol. The van der Waals surface area contributed by atoms with E-state index in [4.69, 9.17) is 9.47 Å². The van der Waals surface area contributed by atoms with E-state index in [0.29, 0.717) is 0 Å². The van der Waals surface area contributed by atoms with Crippen molar-refractivity contribution < 1.29 is 9.47 Å². The zero-order valence-electron chi connectivity index (χ0n) is 9.45. The summed E-state index contributed by atoms with van der Waals surface area (Å²) in [6, 6.07) is 6.27. The van der Waals surface area contributed by atoms with E-state index in [-0.39, 0.29) is 6.29 Å². The largest absolute Gasteiger partial charge is 0.465 e. The molecule has 1 saturated heterocycles. The predicted molar refractivity (Wildman–Crippen MR) is 60.1 cm³/mol. The number of ether oxygens (including phenoxy) is 2. The van der Waals surface area contributed by atoms with Gasteiger partial charge < -0.3 is 9.47 Å². The third-order valence-corrected chi connectivity index (χ3v) is 2.60. The maximum Gasteiger partial charge on any atom is 0.199 e. The summed E-state index contributed by atoms with van der Waals surface area (Å²) in [5, 5.41) is 0. The molecule has 2 rings (SSSR count). The van der Waals surface area contributed by atoms with E-state index in [2.05, 4.69) is 32.0 Å². The van der Waals surface area contributed by atoms with Crippen LogP contribution in [0.15, 0.2) is 18.2 Å². The molecule has 0 saturated carbocycles. The van der Waals surface area contributed by atoms with Gasteiger partial charge in [0.1, 0.15) is 5.75 Å². The summed E-state index contributed by atoms with van der Waals surface area (Å²) in [5.74, 6) is 0.930. The summed E-state index contributed by atoms with van der Waals surface area (Å²) < 4.78 is 11.3. The van der Waals surface area contributed by atoms with Gasteiger partial charge >= 0.3 is 0 Å². The fraction of sp³-hybridized carbons (Fsp3) is 0.538. The van der Waals surface area contributed by atoms with Crippen LogP contribution in [0.2, 0.25) is 0 Å². The molecular formula is C13H18O2. The van der Waals surface area contributed by atoms with E-state index >= 15 is 0 Å². The quantitative estimate of drug-likeness (QED) is 0.739. The molecule has 1 aromatic rings. The van der Waals surface area contributed by atoms with Crippen molar-refractivity contribution in [2.45, 2.75) is 39.4 Å². The molecule has 0 N–H and O–H groups in total. The summed E-state index contributed by atoms with van der Waals surface area (Å²) >= 11 is 0. The third-order valence-electron chi connectivity index (χ3n) is 2.60. The van der Waals surface area contributed by atoms with Crippen LogP contribution >= 0.6 is 0 Å². The van der Waals surface area contributed by atoms with Crippen molar-refractivity contribution in [1.29, 1.82) is 0 Å². The second-order valence-electron chi connectivity index (χ2n) is 4.24. The fourth-order valence-electron chi connectivity index (χ4n) is 1.96. The summed E-state index contributed by atoms with van der Waals surface area (Å²) in [5.41, 5.74) is 2.47. The van der Waals surface area contributed by atoms with E-state index in [1.807, 2.05) is 0 Å². The van der Waals surface area contributed by atoms with Gasteiger partial charge in [0, 0.05) is 6.42 Å². The number of benzene rings is 1. The van der Waals surface area contributed by atoms with Crippen LogP contribution in [0.4, 0.5) is 0 Å². The van der Waals surface area contributed by atoms with Crippen LogP contribution in [0.1, 0.15) is 30.4 Å². The lowest BCUT2D eigenvalue weighted by Gasteiger charge is -2.23. The maximum atomic E-state index is 5.79. The Bertz CT molecular complexity index is 307. The molecule has 1 heterocycles. The first-order valence-electron chi connectivity index (χ1n) is 5.60. The maximum absolute atomic E-state index is 5.79. The zero-order valence-corrected chi connectivity index (χ0v) is 9.45. The Morgan fingerprint density at radius 1 is 1.13 bits per heavy atom. The van der Waals surface area contributed by atoms with Crippen LogP contribution in [-0.2, 0) is 4.74 Å². The molecule has 0 bridgehead atoms. The van der Waals surface area contributed by atoms with Crippen LogP contribution in [0.5, 0.6) is 5.75 Å². The molecule has 0 aliphatic carbocycles. The van der Waals surface area contributed by atoms with Crippen molar-refractivity contribution >= 4 is 0 Å². The Balaban J connectivity index is 2.02. The first-order valence-corrected chi connectivity index (χ1v) is 5.60. The number of hydrogen-bond acceptors (Lipinski definition) is 2. The van der Waals surface area contributed by atoms with Gasteiger partial charge in [0.2, 0.25) is 0 Å². The Morgan fingerprint density at radius 3 is 2.47 bits per heavy atom. The number of rotatable bonds is 2. The van der Waals surface area contributed by atoms with Gasteiger partial charge in [-0.3, -0.25) is 0 Å². The summed E-state index contributed by atoms with van der Waals surface area (Å²) in [6.45, 7) is 5.00. The molecular weight excluding hydrogens is 188 g/mol. The van der Waals surface area contributed by atoms with Crippen molar-refractivity contribution in [1.82, 2.24) is 0 Å². The minimum Gasteiger partial charge on any atom is -0.465 e. The molecule has 1 aliphatic heterocycles. The van der Waals surface area contributed by atoms with Crippen LogP contribution in [0, 0.1) is 13.8 Å². The van der Waals surface area contributed by atoms with Crippen molar-refractivity contribution in [3.8, 4) is 5.75 Å². The second-order valence-corrected chi connectivity index (χ2v) is 4.24. The third kappa shape index (κ3) is 2.96. The molecule has 82 valence electrons. The molecule has 0 amide bonds. The Morgan fingerprint density at radius 2 is 1.87 bits per heavy atom. The fourth-order valence-corrected chi connectivity index (χ4v) is 1.96. The molecule has 2 nitrogen and oxygen atoms in total. The highest BCUT2D eigenvalue weighted by atomic mass is 16.7. The number of aryl methyl sites for hydroxylation is 2. The molecule has 0 radical (unpaired) electrons. The lowest BCUT2D eigenvalue weighted by molar-refractivity contribution is -0.105. The Hall–Kier alpha value is -1.02. The molecule has 1 unspecified atom stereocenters. The Labute approximate surface area is 91.2 Å². The lowest BCUT2D eigenvalue weighted by Crippen LogP contribution is -2.25. The standard InChI is InChI=1S/C13H18O2/c1-10-7-11(2)9-12(8-10)15-13-5-3-4-6-14-13/h7-9,13H,3-6H2,1-2H3. The lowest BCUT2D eigenvalue weighted by atomic mass is 10.1. The van der Waals surface area contributed by atoms with Gasteiger partial charge in [-0.05, 0) is 49.9 Å². The van der Waals surface area contributed by atoms with E-state index in [1.165, 1.54) is 17.5 Å². The van der Waals surface area contributed by atoms with Gasteiger partial charge in [-0.15, -0.1) is 0 Å². The molecule has 1 fully saturated rings. The van der Waals surface area contributed by atoms with Crippen molar-refractivity contribution in [3.63, 3.8) is 0 Å². The van der Waals surface area contributed by atoms with Gasteiger partial charge in [-0.2, -0.15) is 0 Å². The normalized spacial score (nSPS) is 21.3. The van der Waals surface area contributed by atoms with Gasteiger partial charge in [0.25, 0.3) is 0 Å². The highest BCUT2D eigenvalue weighted by Gasteiger charge is 2.15. The van der Waals surface area contributed by atoms with Crippen molar-refractivity contribution in [2.24, 2.45) is 0 Å². The van der Waals surface area contributed by atoms with Gasteiger partial charge in [0.05, 0.1) is 6.61 Å². The zero-order chi connectivity index (χ0) is 10.7. The van der Waals surface area contributed by atoms with Crippen LogP contribution in [-0.4, -0.2) is 12.9 Å². The smallest absolute Gasteiger partial charge is 0.199 e. The van der Waals surface area contributed by atoms with E-state index in [9.17, 15) is 0 Å². The highest BCUT2D eigenvalue weighted by molar-refractivity contribution is 5.33.